The Morgan fingerprint density at radius 3 is 2.12 bits per heavy atom. The first-order valence-corrected chi connectivity index (χ1v) is 13.4. The Kier molecular flexibility index (Phi) is 10.3. The van der Waals surface area contributed by atoms with Crippen molar-refractivity contribution < 1.29 is 47.7 Å². The predicted molar refractivity (Wildman–Crippen MR) is 137 cm³/mol. The van der Waals surface area contributed by atoms with E-state index in [0.29, 0.717) is 32.2 Å². The van der Waals surface area contributed by atoms with Crippen molar-refractivity contribution in [1.82, 2.24) is 15.2 Å². The van der Waals surface area contributed by atoms with E-state index in [1.807, 2.05) is 36.7 Å². The number of nitrogens with zero attached hydrogens (tertiary/aromatic N) is 2. The minimum Gasteiger partial charge on any atom is -0.481 e. The monoisotopic (exact) mass is 585 g/mol. The second-order valence-corrected chi connectivity index (χ2v) is 10.6. The maximum absolute atomic E-state index is 13.1. The summed E-state index contributed by atoms with van der Waals surface area (Å²) in [5.41, 5.74) is 4.83. The van der Waals surface area contributed by atoms with Crippen molar-refractivity contribution in [3.05, 3.63) is 41.0 Å². The molecule has 4 rings (SSSR count). The third kappa shape index (κ3) is 8.01. The number of hydrogen-bond acceptors (Lipinski definition) is 7. The molecule has 1 aromatic heterocycles. The van der Waals surface area contributed by atoms with Crippen LogP contribution in [0.25, 0.3) is 10.4 Å². The fraction of sp³-hybridized carbons (Fsp3) is 0.500. The molecular formula is C26H30F3N3O7S. The van der Waals surface area contributed by atoms with E-state index >= 15 is 0 Å². The van der Waals surface area contributed by atoms with E-state index in [4.69, 9.17) is 15.0 Å². The number of nitrogens with one attached hydrogen (secondary N) is 1. The summed E-state index contributed by atoms with van der Waals surface area (Å²) in [4.78, 5) is 52.9. The molecule has 2 aliphatic rings. The molecule has 4 N–H and O–H groups in total. The lowest BCUT2D eigenvalue weighted by molar-refractivity contribution is -0.192. The number of β-amino-alcohol motifs (C(OH)–C–C–N with tert-alkyl or cyclic N) is 1. The zero-order valence-corrected chi connectivity index (χ0v) is 22.4. The molecule has 0 unspecified atom stereocenters. The van der Waals surface area contributed by atoms with Crippen molar-refractivity contribution in [2.45, 2.75) is 63.9 Å². The summed E-state index contributed by atoms with van der Waals surface area (Å²) in [7, 11) is 0. The normalized spacial score (nSPS) is 22.7. The number of thiazole rings is 1. The Bertz CT molecular complexity index is 1210. The van der Waals surface area contributed by atoms with Gasteiger partial charge in [-0.25, -0.2) is 9.78 Å². The van der Waals surface area contributed by atoms with Crippen LogP contribution in [-0.4, -0.2) is 73.8 Å². The number of benzene rings is 1. The van der Waals surface area contributed by atoms with Gasteiger partial charge in [-0.15, -0.1) is 11.3 Å². The number of amides is 2. The van der Waals surface area contributed by atoms with Crippen LogP contribution in [0.3, 0.4) is 0 Å². The fourth-order valence-corrected chi connectivity index (χ4v) is 5.60. The number of carboxylic acids is 2. The molecule has 2 amide bonds. The highest BCUT2D eigenvalue weighted by Crippen LogP contribution is 2.32. The zero-order chi connectivity index (χ0) is 29.6. The number of hydrogen-bond donors (Lipinski definition) is 4. The zero-order valence-electron chi connectivity index (χ0n) is 21.6. The van der Waals surface area contributed by atoms with Crippen LogP contribution in [0.4, 0.5) is 13.2 Å². The maximum atomic E-state index is 13.1. The number of rotatable bonds is 6. The van der Waals surface area contributed by atoms with Crippen molar-refractivity contribution in [2.24, 2.45) is 11.8 Å². The van der Waals surface area contributed by atoms with Crippen LogP contribution in [-0.2, 0) is 25.7 Å². The molecule has 1 aromatic carbocycles. The van der Waals surface area contributed by atoms with Crippen LogP contribution in [0.2, 0.25) is 0 Å². The maximum Gasteiger partial charge on any atom is 0.490 e. The van der Waals surface area contributed by atoms with Crippen LogP contribution in [0.15, 0.2) is 29.8 Å². The van der Waals surface area contributed by atoms with Gasteiger partial charge in [-0.05, 0) is 43.7 Å². The minimum absolute atomic E-state index is 0.138. The minimum atomic E-state index is -5.08. The van der Waals surface area contributed by atoms with E-state index in [9.17, 15) is 32.7 Å². The number of aryl methyl sites for hydroxylation is 1. The molecule has 1 aliphatic carbocycles. The van der Waals surface area contributed by atoms with Crippen molar-refractivity contribution in [2.75, 3.05) is 6.54 Å². The predicted octanol–water partition coefficient (Wildman–Crippen LogP) is 3.22. The van der Waals surface area contributed by atoms with Crippen LogP contribution in [0, 0.1) is 18.8 Å². The molecule has 0 spiro atoms. The van der Waals surface area contributed by atoms with Gasteiger partial charge in [-0.2, -0.15) is 13.2 Å². The lowest BCUT2D eigenvalue weighted by Crippen LogP contribution is -2.48. The van der Waals surface area contributed by atoms with Gasteiger partial charge >= 0.3 is 18.1 Å². The molecule has 1 aliphatic heterocycles. The lowest BCUT2D eigenvalue weighted by Gasteiger charge is -2.31. The largest absolute Gasteiger partial charge is 0.490 e. The number of halogens is 3. The van der Waals surface area contributed by atoms with Crippen molar-refractivity contribution in [1.29, 1.82) is 0 Å². The molecule has 2 atom stereocenters. The highest BCUT2D eigenvalue weighted by molar-refractivity contribution is 7.13. The molecule has 1 saturated heterocycles. The first kappa shape index (κ1) is 31.0. The third-order valence-corrected chi connectivity index (χ3v) is 7.94. The van der Waals surface area contributed by atoms with E-state index in [2.05, 4.69) is 10.3 Å². The summed E-state index contributed by atoms with van der Waals surface area (Å²) in [5.74, 6) is -4.69. The quantitative estimate of drug-likeness (QED) is 0.403. The Hall–Kier alpha value is -3.52. The summed E-state index contributed by atoms with van der Waals surface area (Å²) >= 11 is 1.59. The first-order chi connectivity index (χ1) is 18.8. The standard InChI is InChI=1S/C24H29N3O5S.C2HF3O2/c1-14-21(33-13-26-14)16-4-2-15(3-5-16)11-25-22(29)20-10-19(28)12-27(20)23(30)17-6-8-18(9-7-17)24(31)32;3-2(4,5)1(6)7/h2-5,13,17-20,28H,6-12H2,1H3,(H,25,29)(H,31,32);(H,6,7)/t17?,18?,19-,20+;/m1./s1. The molecule has 0 bridgehead atoms. The molecule has 1 saturated carbocycles. The Balaban J connectivity index is 0.000000559. The molecule has 2 heterocycles. The molecule has 2 aromatic rings. The molecule has 0 radical (unpaired) electrons. The Morgan fingerprint density at radius 1 is 1.05 bits per heavy atom. The fourth-order valence-electron chi connectivity index (χ4n) is 4.79. The van der Waals surface area contributed by atoms with Crippen LogP contribution < -0.4 is 5.32 Å². The van der Waals surface area contributed by atoms with Gasteiger partial charge in [0.05, 0.1) is 28.1 Å². The molecule has 2 fully saturated rings. The van der Waals surface area contributed by atoms with Crippen LogP contribution in [0.1, 0.15) is 43.4 Å². The van der Waals surface area contributed by atoms with Crippen molar-refractivity contribution in [3.8, 4) is 10.4 Å². The highest BCUT2D eigenvalue weighted by atomic mass is 32.1. The molecule has 10 nitrogen and oxygen atoms in total. The van der Waals surface area contributed by atoms with E-state index < -0.39 is 36.2 Å². The van der Waals surface area contributed by atoms with E-state index in [1.165, 1.54) is 4.90 Å². The van der Waals surface area contributed by atoms with E-state index in [-0.39, 0.29) is 30.7 Å². The molecule has 218 valence electrons. The van der Waals surface area contributed by atoms with Gasteiger partial charge in [0, 0.05) is 25.4 Å². The summed E-state index contributed by atoms with van der Waals surface area (Å²) in [6, 6.07) is 7.23. The van der Waals surface area contributed by atoms with Gasteiger partial charge in [0.15, 0.2) is 0 Å². The summed E-state index contributed by atoms with van der Waals surface area (Å²) in [6.45, 7) is 2.44. The topological polar surface area (TPSA) is 157 Å². The van der Waals surface area contributed by atoms with Crippen molar-refractivity contribution >= 4 is 35.1 Å². The number of likely N-dealkylation sites (tertiary alicyclic amines) is 1. The number of aliphatic hydroxyl groups is 1. The highest BCUT2D eigenvalue weighted by Gasteiger charge is 2.42. The SMILES string of the molecule is Cc1ncsc1-c1ccc(CNC(=O)[C@@H]2C[C@@H](O)CN2C(=O)C2CCC(C(=O)O)CC2)cc1.O=C(O)C(F)(F)F. The second-order valence-electron chi connectivity index (χ2n) is 9.77. The summed E-state index contributed by atoms with van der Waals surface area (Å²) < 4.78 is 31.7. The number of carbonyl (C=O) groups excluding carboxylic acids is 2. The Morgan fingerprint density at radius 2 is 1.62 bits per heavy atom. The first-order valence-electron chi connectivity index (χ1n) is 12.6. The average molecular weight is 586 g/mol. The van der Waals surface area contributed by atoms with Gasteiger partial charge in [-0.3, -0.25) is 14.4 Å². The number of aliphatic carboxylic acids is 2. The van der Waals surface area contributed by atoms with Crippen molar-refractivity contribution in [3.63, 3.8) is 0 Å². The molecular weight excluding hydrogens is 555 g/mol. The lowest BCUT2D eigenvalue weighted by atomic mass is 9.81. The van der Waals surface area contributed by atoms with Gasteiger partial charge in [0.1, 0.15) is 6.04 Å². The number of aromatic nitrogens is 1. The number of aliphatic hydroxyl groups excluding tert-OH is 1. The summed E-state index contributed by atoms with van der Waals surface area (Å²) in [6.07, 6.45) is -3.66. The Labute approximate surface area is 231 Å². The molecule has 40 heavy (non-hydrogen) atoms. The number of carbonyl (C=O) groups is 4. The second kappa shape index (κ2) is 13.2. The third-order valence-electron chi connectivity index (χ3n) is 6.96. The van der Waals surface area contributed by atoms with Gasteiger partial charge in [-0.1, -0.05) is 24.3 Å². The van der Waals surface area contributed by atoms with Gasteiger partial charge < -0.3 is 25.5 Å². The van der Waals surface area contributed by atoms with Crippen LogP contribution >= 0.6 is 11.3 Å². The average Bonchev–Trinajstić information content (AvgIpc) is 3.52. The smallest absolute Gasteiger partial charge is 0.481 e. The van der Waals surface area contributed by atoms with E-state index in [0.717, 1.165) is 21.7 Å². The van der Waals surface area contributed by atoms with E-state index in [1.54, 1.807) is 11.3 Å². The van der Waals surface area contributed by atoms with Gasteiger partial charge in [0.25, 0.3) is 0 Å². The van der Waals surface area contributed by atoms with Crippen LogP contribution in [0.5, 0.6) is 0 Å². The number of carboxylic acid groups (broad SMARTS) is 2. The molecule has 14 heteroatoms. The van der Waals surface area contributed by atoms with Gasteiger partial charge in [0.2, 0.25) is 11.8 Å². The summed E-state index contributed by atoms with van der Waals surface area (Å²) in [5, 5.41) is 29.4. The number of alkyl halides is 3.